The van der Waals surface area contributed by atoms with Gasteiger partial charge in [0, 0.05) is 30.6 Å². The molecule has 0 bridgehead atoms. The van der Waals surface area contributed by atoms with Gasteiger partial charge in [-0.2, -0.15) is 15.1 Å². The standard InChI is InChI=1S/C27H36N6O4/c1-18-11-20-14-28-33(24(20)12-23(18)19-3-6-31(7-4-19)21-5-9-36-16-21)26-13-25(29-27(30-26)35-2)32-8-10-37-17-22(32)15-34/h11-14,19,21-22,34H,3-10,15-17H2,1-2H3/t21?,22-/m0/s1. The largest absolute Gasteiger partial charge is 0.467 e. The second-order valence-electron chi connectivity index (χ2n) is 10.3. The van der Waals surface area contributed by atoms with Crippen molar-refractivity contribution in [1.82, 2.24) is 24.6 Å². The minimum absolute atomic E-state index is 0.0123. The molecule has 5 heterocycles. The second-order valence-corrected chi connectivity index (χ2v) is 10.3. The molecule has 1 unspecified atom stereocenters. The number of benzene rings is 1. The molecule has 37 heavy (non-hydrogen) atoms. The maximum absolute atomic E-state index is 9.88. The molecule has 6 rings (SSSR count). The summed E-state index contributed by atoms with van der Waals surface area (Å²) in [5, 5.41) is 15.7. The van der Waals surface area contributed by atoms with E-state index in [1.807, 2.05) is 16.9 Å². The SMILES string of the molecule is COc1nc(N2CCOC[C@@H]2CO)cc(-n2ncc3cc(C)c(C4CCN(C5CCOC5)CC4)cc32)n1. The van der Waals surface area contributed by atoms with Gasteiger partial charge in [-0.1, -0.05) is 0 Å². The van der Waals surface area contributed by atoms with Crippen LogP contribution in [-0.2, 0) is 9.47 Å². The Kier molecular flexibility index (Phi) is 6.98. The first-order valence-electron chi connectivity index (χ1n) is 13.3. The Balaban J connectivity index is 1.32. The van der Waals surface area contributed by atoms with Crippen molar-refractivity contribution in [2.45, 2.75) is 44.2 Å². The molecule has 0 aliphatic carbocycles. The van der Waals surface area contributed by atoms with E-state index in [1.165, 1.54) is 11.1 Å². The lowest BCUT2D eigenvalue weighted by Crippen LogP contribution is -2.48. The molecule has 198 valence electrons. The van der Waals surface area contributed by atoms with E-state index < -0.39 is 0 Å². The van der Waals surface area contributed by atoms with Gasteiger partial charge in [0.15, 0.2) is 5.82 Å². The van der Waals surface area contributed by atoms with Crippen molar-refractivity contribution >= 4 is 16.7 Å². The maximum atomic E-state index is 9.88. The van der Waals surface area contributed by atoms with Crippen molar-refractivity contribution in [2.75, 3.05) is 64.7 Å². The molecule has 3 saturated heterocycles. The van der Waals surface area contributed by atoms with Crippen LogP contribution in [0.2, 0.25) is 0 Å². The minimum atomic E-state index is -0.161. The highest BCUT2D eigenvalue weighted by molar-refractivity contribution is 5.82. The molecule has 1 N–H and O–H groups in total. The van der Waals surface area contributed by atoms with Crippen molar-refractivity contribution < 1.29 is 19.3 Å². The van der Waals surface area contributed by atoms with Crippen molar-refractivity contribution in [3.63, 3.8) is 0 Å². The molecule has 3 aliphatic heterocycles. The summed E-state index contributed by atoms with van der Waals surface area (Å²) in [5.74, 6) is 1.87. The topological polar surface area (TPSA) is 98.0 Å². The second kappa shape index (κ2) is 10.5. The summed E-state index contributed by atoms with van der Waals surface area (Å²) in [6, 6.07) is 7.17. The Bertz CT molecular complexity index is 1240. The van der Waals surface area contributed by atoms with Gasteiger partial charge in [0.1, 0.15) is 5.82 Å². The molecule has 1 aromatic carbocycles. The lowest BCUT2D eigenvalue weighted by Gasteiger charge is -2.36. The number of hydrogen-bond donors (Lipinski definition) is 1. The fourth-order valence-corrected chi connectivity index (χ4v) is 6.07. The van der Waals surface area contributed by atoms with Gasteiger partial charge in [-0.3, -0.25) is 4.90 Å². The highest BCUT2D eigenvalue weighted by atomic mass is 16.5. The lowest BCUT2D eigenvalue weighted by molar-refractivity contribution is 0.0722. The van der Waals surface area contributed by atoms with E-state index in [-0.39, 0.29) is 18.7 Å². The minimum Gasteiger partial charge on any atom is -0.467 e. The molecule has 0 spiro atoms. The molecule has 0 radical (unpaired) electrons. The number of nitrogens with zero attached hydrogens (tertiary/aromatic N) is 6. The summed E-state index contributed by atoms with van der Waals surface area (Å²) in [5.41, 5.74) is 3.74. The Morgan fingerprint density at radius 2 is 1.81 bits per heavy atom. The average molecular weight is 509 g/mol. The predicted molar refractivity (Wildman–Crippen MR) is 140 cm³/mol. The summed E-state index contributed by atoms with van der Waals surface area (Å²) < 4.78 is 18.5. The lowest BCUT2D eigenvalue weighted by atomic mass is 9.86. The number of likely N-dealkylation sites (tertiary alicyclic amines) is 1. The van der Waals surface area contributed by atoms with Gasteiger partial charge in [-0.05, 0) is 68.5 Å². The predicted octanol–water partition coefficient (Wildman–Crippen LogP) is 2.30. The summed E-state index contributed by atoms with van der Waals surface area (Å²) in [6.07, 6.45) is 5.36. The molecule has 2 atom stereocenters. The number of piperidine rings is 1. The number of ether oxygens (including phenoxy) is 3. The van der Waals surface area contributed by atoms with Crippen LogP contribution in [0, 0.1) is 6.92 Å². The van der Waals surface area contributed by atoms with Crippen LogP contribution < -0.4 is 9.64 Å². The molecule has 0 saturated carbocycles. The first-order chi connectivity index (χ1) is 18.1. The fraction of sp³-hybridized carbons (Fsp3) is 0.593. The van der Waals surface area contributed by atoms with E-state index >= 15 is 0 Å². The third-order valence-electron chi connectivity index (χ3n) is 8.16. The molecule has 10 nitrogen and oxygen atoms in total. The van der Waals surface area contributed by atoms with Crippen molar-refractivity contribution in [3.8, 4) is 11.8 Å². The average Bonchev–Trinajstić information content (AvgIpc) is 3.63. The number of hydrogen-bond acceptors (Lipinski definition) is 9. The third kappa shape index (κ3) is 4.79. The fourth-order valence-electron chi connectivity index (χ4n) is 6.07. The van der Waals surface area contributed by atoms with Gasteiger partial charge in [0.25, 0.3) is 0 Å². The van der Waals surface area contributed by atoms with E-state index in [0.29, 0.717) is 43.4 Å². The van der Waals surface area contributed by atoms with Gasteiger partial charge in [0.2, 0.25) is 0 Å². The number of aliphatic hydroxyl groups is 1. The number of aromatic nitrogens is 4. The molecule has 3 aliphatic rings. The van der Waals surface area contributed by atoms with Crippen molar-refractivity contribution in [2.24, 2.45) is 0 Å². The van der Waals surface area contributed by atoms with Gasteiger partial charge >= 0.3 is 6.01 Å². The molecular formula is C27H36N6O4. The van der Waals surface area contributed by atoms with Crippen LogP contribution in [0.5, 0.6) is 6.01 Å². The van der Waals surface area contributed by atoms with E-state index in [2.05, 4.69) is 38.8 Å². The van der Waals surface area contributed by atoms with E-state index in [1.54, 1.807) is 7.11 Å². The van der Waals surface area contributed by atoms with Crippen LogP contribution in [0.4, 0.5) is 5.82 Å². The highest BCUT2D eigenvalue weighted by Gasteiger charge is 2.29. The molecule has 0 amide bonds. The van der Waals surface area contributed by atoms with Crippen LogP contribution in [0.3, 0.4) is 0 Å². The first kappa shape index (κ1) is 24.5. The Labute approximate surface area is 217 Å². The number of aryl methyl sites for hydroxylation is 1. The Hall–Kier alpha value is -2.79. The third-order valence-corrected chi connectivity index (χ3v) is 8.16. The Morgan fingerprint density at radius 1 is 1.00 bits per heavy atom. The number of anilines is 1. The van der Waals surface area contributed by atoms with E-state index in [4.69, 9.17) is 19.3 Å². The summed E-state index contributed by atoms with van der Waals surface area (Å²) in [6.45, 7) is 7.88. The zero-order valence-electron chi connectivity index (χ0n) is 21.7. The monoisotopic (exact) mass is 508 g/mol. The molecule has 10 heteroatoms. The molecular weight excluding hydrogens is 472 g/mol. The number of fused-ring (bicyclic) bond motifs is 1. The summed E-state index contributed by atoms with van der Waals surface area (Å²) in [7, 11) is 1.57. The smallest absolute Gasteiger partial charge is 0.320 e. The normalized spacial score (nSPS) is 23.7. The molecule has 3 aromatic rings. The van der Waals surface area contributed by atoms with Gasteiger partial charge < -0.3 is 24.2 Å². The van der Waals surface area contributed by atoms with Crippen LogP contribution in [0.15, 0.2) is 24.4 Å². The number of morpholine rings is 1. The Morgan fingerprint density at radius 3 is 2.57 bits per heavy atom. The zero-order chi connectivity index (χ0) is 25.4. The zero-order valence-corrected chi connectivity index (χ0v) is 21.7. The van der Waals surface area contributed by atoms with E-state index in [9.17, 15) is 5.11 Å². The summed E-state index contributed by atoms with van der Waals surface area (Å²) >= 11 is 0. The highest BCUT2D eigenvalue weighted by Crippen LogP contribution is 2.35. The van der Waals surface area contributed by atoms with Gasteiger partial charge in [-0.25, -0.2) is 4.68 Å². The van der Waals surface area contributed by atoms with Crippen molar-refractivity contribution in [1.29, 1.82) is 0 Å². The quantitative estimate of drug-likeness (QED) is 0.538. The van der Waals surface area contributed by atoms with Gasteiger partial charge in [0.05, 0.1) is 51.3 Å². The van der Waals surface area contributed by atoms with Gasteiger partial charge in [-0.15, -0.1) is 0 Å². The van der Waals surface area contributed by atoms with Crippen LogP contribution in [-0.4, -0.2) is 102 Å². The first-order valence-corrected chi connectivity index (χ1v) is 13.3. The van der Waals surface area contributed by atoms with Crippen molar-refractivity contribution in [3.05, 3.63) is 35.5 Å². The van der Waals surface area contributed by atoms with E-state index in [0.717, 1.165) is 56.5 Å². The van der Waals surface area contributed by atoms with Crippen LogP contribution >= 0.6 is 0 Å². The number of rotatable bonds is 6. The molecule has 2 aromatic heterocycles. The molecule has 3 fully saturated rings. The summed E-state index contributed by atoms with van der Waals surface area (Å²) in [4.78, 5) is 13.9. The maximum Gasteiger partial charge on any atom is 0.320 e. The van der Waals surface area contributed by atoms with Crippen LogP contribution in [0.25, 0.3) is 16.7 Å². The number of methoxy groups -OCH3 is 1. The van der Waals surface area contributed by atoms with Crippen LogP contribution in [0.1, 0.15) is 36.3 Å². The number of aliphatic hydroxyl groups excluding tert-OH is 1.